The van der Waals surface area contributed by atoms with Gasteiger partial charge in [-0.15, -0.1) is 10.2 Å². The van der Waals surface area contributed by atoms with Gasteiger partial charge in [-0.05, 0) is 68.0 Å². The predicted molar refractivity (Wildman–Crippen MR) is 280 cm³/mol. The van der Waals surface area contributed by atoms with E-state index in [0.29, 0.717) is 97.8 Å². The summed E-state index contributed by atoms with van der Waals surface area (Å²) in [5, 5.41) is 28.5. The fourth-order valence-corrected chi connectivity index (χ4v) is 11.2. The molecular weight excluding hydrogens is 1070 g/mol. The molecule has 0 radical (unpaired) electrons. The van der Waals surface area contributed by atoms with Crippen molar-refractivity contribution in [2.45, 2.75) is 91.8 Å². The molecule has 5 heterocycles. The van der Waals surface area contributed by atoms with Crippen molar-refractivity contribution in [3.05, 3.63) is 83.6 Å². The van der Waals surface area contributed by atoms with Crippen molar-refractivity contribution in [1.29, 1.82) is 0 Å². The molecule has 2 aromatic carbocycles. The molecule has 3 fully saturated rings. The summed E-state index contributed by atoms with van der Waals surface area (Å²) in [5.74, 6) is -1.51. The van der Waals surface area contributed by atoms with Gasteiger partial charge in [0.25, 0.3) is 17.1 Å². The van der Waals surface area contributed by atoms with E-state index in [-0.39, 0.29) is 73.7 Å². The Balaban J connectivity index is 0.785. The smallest absolute Gasteiger partial charge is 0.442 e. The minimum absolute atomic E-state index is 0.000969. The normalized spacial score (nSPS) is 19.4. The number of imide groups is 3. The van der Waals surface area contributed by atoms with Crippen LogP contribution in [-0.4, -0.2) is 169 Å². The SMILES string of the molecule is CN(CCOc1ccc(CC2SC(=O)N(C(=O)C[C@@H](NC(=O)c3ccc(C4(C(F)(F)F)N=N4)cc3)C(=O)NCCCOCCOCCOCCCNC(=O)CCCC[C@@H]3SC[C@@H]4NC(=O)N[C@@H]43)C2=O)cc1)c1cc(O)ccn1. The van der Waals surface area contributed by atoms with Gasteiger partial charge in [0.1, 0.15) is 30.0 Å². The van der Waals surface area contributed by atoms with E-state index in [4.69, 9.17) is 18.9 Å². The number of likely N-dealkylation sites (N-methyl/N-ethyl adjacent to an activating group) is 1. The van der Waals surface area contributed by atoms with Gasteiger partial charge in [-0.2, -0.15) is 24.9 Å². The van der Waals surface area contributed by atoms with Crippen molar-refractivity contribution in [3.63, 3.8) is 0 Å². The second-order valence-corrected chi connectivity index (χ2v) is 21.1. The molecule has 0 aliphatic carbocycles. The number of ether oxygens (including phenoxy) is 4. The Kier molecular flexibility index (Phi) is 21.5. The summed E-state index contributed by atoms with van der Waals surface area (Å²) >= 11 is 2.51. The fraction of sp³-hybridized carbons (Fsp3) is 0.529. The van der Waals surface area contributed by atoms with Gasteiger partial charge >= 0.3 is 17.9 Å². The summed E-state index contributed by atoms with van der Waals surface area (Å²) in [6, 6.07) is 12.7. The molecule has 1 aromatic heterocycles. The van der Waals surface area contributed by atoms with E-state index in [0.717, 1.165) is 49.3 Å². The van der Waals surface area contributed by atoms with Crippen LogP contribution in [0.25, 0.3) is 0 Å². The maximum atomic E-state index is 13.7. The zero-order chi connectivity index (χ0) is 55.7. The standard InChI is InChI=1S/C51H63F3N10O12S2/c1-63(41-29-35(65)16-19-55-41)20-23-76-36-14-8-32(9-15-36)28-40-47(70)64(49(72)78-40)43(67)30-37(58-45(68)33-10-12-34(13-11-33)50(61-62-50)51(52,53)54)46(69)57-18-5-22-74-25-27-75-26-24-73-21-4-17-56-42(66)7-3-2-6-39-44-38(31-77-39)59-48(71)60-44/h8-16,19,29,37-40,44H,2-7,17-18,20-28,30-31H2,1H3,(H,55,65)(H,56,66)(H,57,69)(H,58,68)(H2,59,60,71)/t37-,38+,39+,40?,44+/m1/s1. The maximum absolute atomic E-state index is 13.7. The van der Waals surface area contributed by atoms with Gasteiger partial charge in [-0.1, -0.05) is 42.4 Å². The van der Waals surface area contributed by atoms with Gasteiger partial charge in [0.05, 0.1) is 56.7 Å². The van der Waals surface area contributed by atoms with Crippen LogP contribution >= 0.6 is 23.5 Å². The van der Waals surface area contributed by atoms with Crippen LogP contribution in [-0.2, 0) is 45.5 Å². The number of alkyl halides is 3. The minimum Gasteiger partial charge on any atom is -0.508 e. The number of thioether (sulfide) groups is 2. The van der Waals surface area contributed by atoms with E-state index in [1.807, 2.05) is 16.7 Å². The second kappa shape index (κ2) is 28.4. The molecule has 22 nitrogen and oxygen atoms in total. The number of nitrogens with zero attached hydrogens (tertiary/aromatic N) is 5. The Morgan fingerprint density at radius 2 is 1.55 bits per heavy atom. The van der Waals surface area contributed by atoms with E-state index in [9.17, 15) is 51.8 Å². The molecule has 27 heteroatoms. The van der Waals surface area contributed by atoms with Gasteiger partial charge in [-0.3, -0.25) is 28.8 Å². The van der Waals surface area contributed by atoms with Crippen molar-refractivity contribution in [1.82, 2.24) is 36.5 Å². The van der Waals surface area contributed by atoms with Gasteiger partial charge < -0.3 is 55.5 Å². The third kappa shape index (κ3) is 16.7. The van der Waals surface area contributed by atoms with E-state index in [1.54, 1.807) is 31.3 Å². The van der Waals surface area contributed by atoms with Crippen LogP contribution in [0.4, 0.5) is 28.6 Å². The van der Waals surface area contributed by atoms with Gasteiger partial charge in [0.2, 0.25) is 17.7 Å². The molecule has 1 unspecified atom stereocenters. The number of aromatic nitrogens is 1. The monoisotopic (exact) mass is 1130 g/mol. The molecule has 6 N–H and O–H groups in total. The quantitative estimate of drug-likeness (QED) is 0.0368. The highest BCUT2D eigenvalue weighted by molar-refractivity contribution is 8.15. The Bertz CT molecular complexity index is 2600. The number of halogens is 3. The van der Waals surface area contributed by atoms with Gasteiger partial charge in [-0.25, -0.2) is 14.7 Å². The molecule has 0 bridgehead atoms. The summed E-state index contributed by atoms with van der Waals surface area (Å²) < 4.78 is 63.3. The Morgan fingerprint density at radius 3 is 2.22 bits per heavy atom. The Hall–Kier alpha value is -6.55. The number of carbonyl (C=O) groups excluding carboxylic acids is 7. The third-order valence-corrected chi connectivity index (χ3v) is 15.5. The van der Waals surface area contributed by atoms with Crippen LogP contribution in [0, 0.1) is 0 Å². The van der Waals surface area contributed by atoms with Gasteiger partial charge in [0.15, 0.2) is 0 Å². The van der Waals surface area contributed by atoms with Crippen molar-refractivity contribution >= 4 is 70.1 Å². The molecule has 0 spiro atoms. The number of aromatic hydroxyl groups is 1. The number of fused-ring (bicyclic) bond motifs is 1. The van der Waals surface area contributed by atoms with Crippen molar-refractivity contribution in [2.24, 2.45) is 10.2 Å². The van der Waals surface area contributed by atoms with E-state index >= 15 is 0 Å². The number of benzene rings is 2. The first-order valence-corrected chi connectivity index (χ1v) is 27.5. The highest BCUT2D eigenvalue weighted by Crippen LogP contribution is 2.52. The summed E-state index contributed by atoms with van der Waals surface area (Å²) in [5.41, 5.74) is -2.54. The fourth-order valence-electron chi connectivity index (χ4n) is 8.61. The average Bonchev–Trinajstić information content (AvgIpc) is 4.16. The first kappa shape index (κ1) is 59.1. The number of hydrogen-bond donors (Lipinski definition) is 6. The average molecular weight is 1130 g/mol. The summed E-state index contributed by atoms with van der Waals surface area (Å²) in [6.07, 6.45) is 0.0313. The molecule has 0 saturated carbocycles. The highest BCUT2D eigenvalue weighted by Gasteiger charge is 2.65. The van der Waals surface area contributed by atoms with Crippen LogP contribution in [0.15, 0.2) is 77.1 Å². The number of amides is 8. The predicted octanol–water partition coefficient (Wildman–Crippen LogP) is 4.59. The first-order valence-electron chi connectivity index (χ1n) is 25.5. The van der Waals surface area contributed by atoms with Crippen molar-refractivity contribution < 1.29 is 70.8 Å². The third-order valence-electron chi connectivity index (χ3n) is 13.0. The largest absolute Gasteiger partial charge is 0.508 e. The molecule has 3 aromatic rings. The summed E-state index contributed by atoms with van der Waals surface area (Å²) in [6.45, 7) is 3.11. The van der Waals surface area contributed by atoms with Crippen LogP contribution in [0.3, 0.4) is 0 Å². The first-order chi connectivity index (χ1) is 37.5. The summed E-state index contributed by atoms with van der Waals surface area (Å²) in [4.78, 5) is 97.6. The zero-order valence-electron chi connectivity index (χ0n) is 42.8. The van der Waals surface area contributed by atoms with E-state index in [2.05, 4.69) is 41.8 Å². The molecule has 4 aliphatic heterocycles. The lowest BCUT2D eigenvalue weighted by Crippen LogP contribution is -2.50. The lowest BCUT2D eigenvalue weighted by Gasteiger charge is -2.20. The zero-order valence-corrected chi connectivity index (χ0v) is 44.4. The van der Waals surface area contributed by atoms with Crippen LogP contribution in [0.1, 0.15) is 66.4 Å². The maximum Gasteiger partial charge on any atom is 0.442 e. The number of carbonyl (C=O) groups is 7. The van der Waals surface area contributed by atoms with Gasteiger partial charge in [0, 0.05) is 74.2 Å². The van der Waals surface area contributed by atoms with E-state index in [1.165, 1.54) is 18.3 Å². The molecule has 3 saturated heterocycles. The molecular formula is C51H63F3N10O12S2. The highest BCUT2D eigenvalue weighted by atomic mass is 32.2. The van der Waals surface area contributed by atoms with Crippen molar-refractivity contribution in [2.75, 3.05) is 83.6 Å². The number of rotatable bonds is 32. The molecule has 8 amide bonds. The molecule has 422 valence electrons. The number of unbranched alkanes of at least 4 members (excludes halogenated alkanes) is 1. The van der Waals surface area contributed by atoms with Crippen LogP contribution in [0.5, 0.6) is 11.5 Å². The number of nitrogens with one attached hydrogen (secondary N) is 5. The van der Waals surface area contributed by atoms with Crippen LogP contribution < -0.4 is 36.2 Å². The molecule has 7 rings (SSSR count). The minimum atomic E-state index is -4.80. The lowest BCUT2D eigenvalue weighted by atomic mass is 10.0. The molecule has 5 atom stereocenters. The second-order valence-electron chi connectivity index (χ2n) is 18.7. The lowest BCUT2D eigenvalue weighted by molar-refractivity contribution is -0.166. The number of hydrogen-bond acceptors (Lipinski definition) is 18. The molecule has 78 heavy (non-hydrogen) atoms. The van der Waals surface area contributed by atoms with E-state index < -0.39 is 58.4 Å². The Labute approximate surface area is 456 Å². The summed E-state index contributed by atoms with van der Waals surface area (Å²) in [7, 11) is 1.80. The van der Waals surface area contributed by atoms with Crippen molar-refractivity contribution in [3.8, 4) is 11.5 Å². The number of urea groups is 1. The van der Waals surface area contributed by atoms with Crippen LogP contribution in [0.2, 0.25) is 0 Å². The topological polar surface area (TPSA) is 281 Å². The number of pyridine rings is 1. The Morgan fingerprint density at radius 1 is 0.872 bits per heavy atom. The number of anilines is 1. The molecule has 4 aliphatic rings.